The first-order valence-electron chi connectivity index (χ1n) is 6.25. The van der Waals surface area contributed by atoms with Crippen LogP contribution < -0.4 is 10.5 Å². The van der Waals surface area contributed by atoms with Gasteiger partial charge >= 0.3 is 5.97 Å². The highest BCUT2D eigenvalue weighted by Crippen LogP contribution is 2.34. The summed E-state index contributed by atoms with van der Waals surface area (Å²) in [5.74, 6) is -0.180. The van der Waals surface area contributed by atoms with Crippen molar-refractivity contribution in [2.75, 3.05) is 18.9 Å². The molecule has 122 valence electrons. The van der Waals surface area contributed by atoms with Gasteiger partial charge in [-0.3, -0.25) is 0 Å². The van der Waals surface area contributed by atoms with Crippen LogP contribution in [0.25, 0.3) is 0 Å². The average molecular weight is 396 g/mol. The fourth-order valence-electron chi connectivity index (χ4n) is 1.56. The molecule has 0 aliphatic carbocycles. The molecule has 2 N–H and O–H groups in total. The summed E-state index contributed by atoms with van der Waals surface area (Å²) in [5, 5.41) is 0.349. The summed E-state index contributed by atoms with van der Waals surface area (Å²) in [7, 11) is 0. The van der Waals surface area contributed by atoms with Gasteiger partial charge in [0.2, 0.25) is 0 Å². The van der Waals surface area contributed by atoms with E-state index >= 15 is 0 Å². The summed E-state index contributed by atoms with van der Waals surface area (Å²) in [6, 6.07) is 6.76. The first-order valence-corrected chi connectivity index (χ1v) is 7.76. The molecule has 2 aromatic rings. The highest BCUT2D eigenvalue weighted by atomic mass is 35.5. The van der Waals surface area contributed by atoms with Crippen molar-refractivity contribution in [1.29, 1.82) is 0 Å². The molecule has 0 spiro atoms. The Hall–Kier alpha value is -1.40. The SMILES string of the molecule is Nc1c(Cl)c(Cl)nc(C(=O)OCCOc2ccc(Cl)cc2)c1Cl. The standard InChI is InChI=1S/C14H10Cl4N2O3/c15-7-1-3-8(4-2-7)22-5-6-23-14(21)12-9(16)11(19)10(17)13(18)20-12/h1-4H,5-6H2,(H2,19,20). The van der Waals surface area contributed by atoms with Gasteiger partial charge in [-0.2, -0.15) is 0 Å². The van der Waals surface area contributed by atoms with Crippen molar-refractivity contribution in [3.63, 3.8) is 0 Å². The zero-order chi connectivity index (χ0) is 17.0. The largest absolute Gasteiger partial charge is 0.490 e. The van der Waals surface area contributed by atoms with Crippen LogP contribution in [0.15, 0.2) is 24.3 Å². The number of aromatic nitrogens is 1. The lowest BCUT2D eigenvalue weighted by molar-refractivity contribution is 0.0444. The minimum atomic E-state index is -0.778. The molecule has 1 aromatic carbocycles. The van der Waals surface area contributed by atoms with Crippen LogP contribution in [0.1, 0.15) is 10.5 Å². The summed E-state index contributed by atoms with van der Waals surface area (Å²) in [5.41, 5.74) is 5.40. The van der Waals surface area contributed by atoms with Crippen molar-refractivity contribution in [3.8, 4) is 5.75 Å². The van der Waals surface area contributed by atoms with Crippen LogP contribution in [0, 0.1) is 0 Å². The Morgan fingerprint density at radius 2 is 1.70 bits per heavy atom. The molecule has 1 heterocycles. The summed E-state index contributed by atoms with van der Waals surface area (Å²) in [6.07, 6.45) is 0. The highest BCUT2D eigenvalue weighted by molar-refractivity contribution is 6.46. The second-order valence-corrected chi connectivity index (χ2v) is 5.78. The van der Waals surface area contributed by atoms with Crippen molar-refractivity contribution in [1.82, 2.24) is 4.98 Å². The van der Waals surface area contributed by atoms with E-state index in [0.717, 1.165) is 0 Å². The number of hydrogen-bond acceptors (Lipinski definition) is 5. The maximum absolute atomic E-state index is 11.9. The Kier molecular flexibility index (Phi) is 6.18. The Morgan fingerprint density at radius 3 is 2.35 bits per heavy atom. The molecule has 2 rings (SSSR count). The lowest BCUT2D eigenvalue weighted by Crippen LogP contribution is -2.15. The molecule has 0 saturated heterocycles. The molecule has 0 radical (unpaired) electrons. The number of rotatable bonds is 5. The van der Waals surface area contributed by atoms with Gasteiger partial charge in [0.1, 0.15) is 24.0 Å². The Bertz CT molecular complexity index is 723. The molecule has 0 aliphatic heterocycles. The molecule has 0 saturated carbocycles. The predicted molar refractivity (Wildman–Crippen MR) is 90.9 cm³/mol. The number of nitrogen functional groups attached to an aromatic ring is 1. The number of esters is 1. The minimum Gasteiger partial charge on any atom is -0.490 e. The van der Waals surface area contributed by atoms with Crippen LogP contribution in [-0.4, -0.2) is 24.2 Å². The second kappa shape index (κ2) is 7.93. The van der Waals surface area contributed by atoms with E-state index in [0.29, 0.717) is 10.8 Å². The second-order valence-electron chi connectivity index (χ2n) is 4.23. The number of halogens is 4. The van der Waals surface area contributed by atoms with Crippen molar-refractivity contribution in [2.24, 2.45) is 0 Å². The van der Waals surface area contributed by atoms with Crippen LogP contribution >= 0.6 is 46.4 Å². The van der Waals surface area contributed by atoms with E-state index < -0.39 is 5.97 Å². The molecule has 23 heavy (non-hydrogen) atoms. The fraction of sp³-hybridized carbons (Fsp3) is 0.143. The lowest BCUT2D eigenvalue weighted by atomic mass is 10.3. The van der Waals surface area contributed by atoms with Crippen LogP contribution in [0.4, 0.5) is 5.69 Å². The fourth-order valence-corrected chi connectivity index (χ4v) is 2.27. The summed E-state index contributed by atoms with van der Waals surface area (Å²) < 4.78 is 10.4. The van der Waals surface area contributed by atoms with Gasteiger partial charge in [0.15, 0.2) is 10.8 Å². The average Bonchev–Trinajstić information content (AvgIpc) is 2.54. The first-order chi connectivity index (χ1) is 10.9. The number of benzene rings is 1. The molecule has 1 aromatic heterocycles. The van der Waals surface area contributed by atoms with E-state index in [-0.39, 0.29) is 39.8 Å². The van der Waals surface area contributed by atoms with Gasteiger partial charge in [0.05, 0.1) is 10.7 Å². The number of carbonyl (C=O) groups is 1. The van der Waals surface area contributed by atoms with E-state index in [4.69, 9.17) is 61.6 Å². The molecule has 0 amide bonds. The molecule has 5 nitrogen and oxygen atoms in total. The number of carbonyl (C=O) groups excluding carboxylic acids is 1. The summed E-state index contributed by atoms with van der Waals surface area (Å²) in [6.45, 7) is 0.126. The number of nitrogens with zero attached hydrogens (tertiary/aromatic N) is 1. The normalized spacial score (nSPS) is 10.4. The Morgan fingerprint density at radius 1 is 1.04 bits per heavy atom. The molecular weight excluding hydrogens is 386 g/mol. The zero-order valence-electron chi connectivity index (χ0n) is 11.5. The smallest absolute Gasteiger partial charge is 0.358 e. The lowest BCUT2D eigenvalue weighted by Gasteiger charge is -2.10. The third kappa shape index (κ3) is 4.54. The van der Waals surface area contributed by atoms with Gasteiger partial charge in [0, 0.05) is 5.02 Å². The molecule has 0 atom stereocenters. The van der Waals surface area contributed by atoms with Gasteiger partial charge in [-0.15, -0.1) is 0 Å². The van der Waals surface area contributed by atoms with E-state index in [1.807, 2.05) is 0 Å². The van der Waals surface area contributed by atoms with Gasteiger partial charge < -0.3 is 15.2 Å². The van der Waals surface area contributed by atoms with Gasteiger partial charge in [0.25, 0.3) is 0 Å². The minimum absolute atomic E-state index is 0.0143. The zero-order valence-corrected chi connectivity index (χ0v) is 14.5. The van der Waals surface area contributed by atoms with Crippen LogP contribution in [-0.2, 0) is 4.74 Å². The Labute approximate surface area is 152 Å². The number of nitrogens with two attached hydrogens (primary N) is 1. The molecular formula is C14H10Cl4N2O3. The molecule has 0 bridgehead atoms. The van der Waals surface area contributed by atoms with Crippen LogP contribution in [0.2, 0.25) is 20.2 Å². The van der Waals surface area contributed by atoms with E-state index in [2.05, 4.69) is 4.98 Å². The maximum atomic E-state index is 11.9. The van der Waals surface area contributed by atoms with Gasteiger partial charge in [-0.25, -0.2) is 9.78 Å². The Balaban J connectivity index is 1.91. The van der Waals surface area contributed by atoms with Crippen molar-refractivity contribution < 1.29 is 14.3 Å². The monoisotopic (exact) mass is 394 g/mol. The third-order valence-corrected chi connectivity index (χ3v) is 4.05. The van der Waals surface area contributed by atoms with Gasteiger partial charge in [-0.1, -0.05) is 46.4 Å². The summed E-state index contributed by atoms with van der Waals surface area (Å²) in [4.78, 5) is 15.7. The maximum Gasteiger partial charge on any atom is 0.358 e. The van der Waals surface area contributed by atoms with Crippen LogP contribution in [0.5, 0.6) is 5.75 Å². The highest BCUT2D eigenvalue weighted by Gasteiger charge is 2.20. The molecule has 0 unspecified atom stereocenters. The number of anilines is 1. The van der Waals surface area contributed by atoms with E-state index in [9.17, 15) is 4.79 Å². The number of hydrogen-bond donors (Lipinski definition) is 1. The predicted octanol–water partition coefficient (Wildman–Crippen LogP) is 4.51. The number of ether oxygens (including phenoxy) is 2. The molecule has 0 fully saturated rings. The molecule has 0 aliphatic rings. The summed E-state index contributed by atoms with van der Waals surface area (Å²) >= 11 is 23.2. The van der Waals surface area contributed by atoms with Crippen molar-refractivity contribution in [2.45, 2.75) is 0 Å². The van der Waals surface area contributed by atoms with E-state index in [1.165, 1.54) is 0 Å². The van der Waals surface area contributed by atoms with Crippen molar-refractivity contribution >= 4 is 58.1 Å². The van der Waals surface area contributed by atoms with Gasteiger partial charge in [-0.05, 0) is 24.3 Å². The topological polar surface area (TPSA) is 74.4 Å². The van der Waals surface area contributed by atoms with E-state index in [1.54, 1.807) is 24.3 Å². The third-order valence-electron chi connectivity index (χ3n) is 2.66. The quantitative estimate of drug-likeness (QED) is 0.457. The van der Waals surface area contributed by atoms with Crippen LogP contribution in [0.3, 0.4) is 0 Å². The van der Waals surface area contributed by atoms with Crippen molar-refractivity contribution in [3.05, 3.63) is 50.2 Å². The molecule has 9 heteroatoms. The number of pyridine rings is 1. The first kappa shape index (κ1) is 17.9.